The normalized spacial score (nSPS) is 11.5. The molecule has 0 spiro atoms. The molecule has 144 valence electrons. The van der Waals surface area contributed by atoms with Crippen molar-refractivity contribution in [3.05, 3.63) is 67.5 Å². The van der Waals surface area contributed by atoms with Gasteiger partial charge < -0.3 is 4.98 Å². The van der Waals surface area contributed by atoms with Crippen molar-refractivity contribution in [2.75, 3.05) is 0 Å². The first-order valence-electron chi connectivity index (χ1n) is 9.48. The van der Waals surface area contributed by atoms with Crippen molar-refractivity contribution >= 4 is 21.9 Å². The van der Waals surface area contributed by atoms with E-state index >= 15 is 0 Å². The summed E-state index contributed by atoms with van der Waals surface area (Å²) < 4.78 is 1.77. The summed E-state index contributed by atoms with van der Waals surface area (Å²) in [5.41, 5.74) is 8.12. The van der Waals surface area contributed by atoms with Crippen LogP contribution in [0.15, 0.2) is 67.5 Å². The standard InChI is InChI=1S/C22H16N8/c1-30-12-14(9-25-30)17-4-5-18-21(27-17)22(29-28-18)19-7-15-16(10-24-11-20(15)26-19)13-3-2-6-23-8-13/h2-12,26H,1H3,(H,28,29). The number of nitrogens with zero attached hydrogens (tertiary/aromatic N) is 6. The van der Waals surface area contributed by atoms with Crippen LogP contribution in [0.4, 0.5) is 0 Å². The summed E-state index contributed by atoms with van der Waals surface area (Å²) in [5.74, 6) is 0. The number of nitrogens with one attached hydrogen (secondary N) is 2. The molecule has 0 fully saturated rings. The summed E-state index contributed by atoms with van der Waals surface area (Å²) in [4.78, 5) is 16.9. The van der Waals surface area contributed by atoms with Crippen molar-refractivity contribution in [3.8, 4) is 33.8 Å². The van der Waals surface area contributed by atoms with Gasteiger partial charge >= 0.3 is 0 Å². The Labute approximate surface area is 170 Å². The number of aromatic amines is 2. The molecule has 0 aromatic carbocycles. The van der Waals surface area contributed by atoms with Gasteiger partial charge in [0.2, 0.25) is 0 Å². The summed E-state index contributed by atoms with van der Waals surface area (Å²) in [6.07, 6.45) is 11.0. The second kappa shape index (κ2) is 6.35. The molecule has 8 heteroatoms. The maximum atomic E-state index is 4.85. The Morgan fingerprint density at radius 1 is 0.933 bits per heavy atom. The van der Waals surface area contributed by atoms with Gasteiger partial charge in [-0.25, -0.2) is 4.98 Å². The van der Waals surface area contributed by atoms with E-state index in [0.717, 1.165) is 55.7 Å². The summed E-state index contributed by atoms with van der Waals surface area (Å²) in [6.45, 7) is 0. The largest absolute Gasteiger partial charge is 0.352 e. The number of fused-ring (bicyclic) bond motifs is 2. The van der Waals surface area contributed by atoms with E-state index in [1.807, 2.05) is 62.3 Å². The van der Waals surface area contributed by atoms with Gasteiger partial charge in [-0.05, 0) is 24.3 Å². The molecule has 0 aliphatic heterocycles. The third-order valence-corrected chi connectivity index (χ3v) is 5.18. The van der Waals surface area contributed by atoms with Gasteiger partial charge in [-0.2, -0.15) is 10.2 Å². The quantitative estimate of drug-likeness (QED) is 0.475. The first-order valence-corrected chi connectivity index (χ1v) is 9.48. The maximum Gasteiger partial charge on any atom is 0.135 e. The molecule has 0 aliphatic carbocycles. The minimum Gasteiger partial charge on any atom is -0.352 e. The highest BCUT2D eigenvalue weighted by atomic mass is 15.2. The van der Waals surface area contributed by atoms with Crippen LogP contribution < -0.4 is 0 Å². The lowest BCUT2D eigenvalue weighted by atomic mass is 10.1. The molecular formula is C22H16N8. The summed E-state index contributed by atoms with van der Waals surface area (Å²) in [6, 6.07) is 10.0. The third-order valence-electron chi connectivity index (χ3n) is 5.18. The molecule has 2 N–H and O–H groups in total. The number of aromatic nitrogens is 8. The summed E-state index contributed by atoms with van der Waals surface area (Å²) >= 11 is 0. The van der Waals surface area contributed by atoms with E-state index in [4.69, 9.17) is 4.98 Å². The lowest BCUT2D eigenvalue weighted by molar-refractivity contribution is 0.768. The van der Waals surface area contributed by atoms with Crippen LogP contribution in [0, 0.1) is 0 Å². The fourth-order valence-electron chi connectivity index (χ4n) is 3.73. The molecule has 0 atom stereocenters. The molecule has 0 bridgehead atoms. The first-order chi connectivity index (χ1) is 14.8. The van der Waals surface area contributed by atoms with E-state index < -0.39 is 0 Å². The van der Waals surface area contributed by atoms with Crippen LogP contribution in [0.3, 0.4) is 0 Å². The van der Waals surface area contributed by atoms with Gasteiger partial charge in [0.25, 0.3) is 0 Å². The Morgan fingerprint density at radius 2 is 1.90 bits per heavy atom. The second-order valence-corrected chi connectivity index (χ2v) is 7.14. The van der Waals surface area contributed by atoms with Gasteiger partial charge in [0.15, 0.2) is 0 Å². The fourth-order valence-corrected chi connectivity index (χ4v) is 3.73. The Morgan fingerprint density at radius 3 is 2.73 bits per heavy atom. The number of hydrogen-bond acceptors (Lipinski definition) is 5. The molecule has 0 saturated heterocycles. The van der Waals surface area contributed by atoms with Gasteiger partial charge in [-0.1, -0.05) is 6.07 Å². The molecule has 0 radical (unpaired) electrons. The summed E-state index contributed by atoms with van der Waals surface area (Å²) in [7, 11) is 1.89. The van der Waals surface area contributed by atoms with Crippen molar-refractivity contribution in [1.82, 2.24) is 39.9 Å². The average Bonchev–Trinajstić information content (AvgIpc) is 3.50. The Kier molecular flexibility index (Phi) is 3.51. The lowest BCUT2D eigenvalue weighted by Crippen LogP contribution is -1.86. The molecule has 30 heavy (non-hydrogen) atoms. The minimum atomic E-state index is 0.768. The third kappa shape index (κ3) is 2.58. The number of pyridine rings is 3. The van der Waals surface area contributed by atoms with Crippen molar-refractivity contribution in [2.24, 2.45) is 7.05 Å². The molecule has 0 aliphatic rings. The van der Waals surface area contributed by atoms with Gasteiger partial charge in [0.05, 0.1) is 34.8 Å². The van der Waals surface area contributed by atoms with E-state index in [1.54, 1.807) is 10.9 Å². The van der Waals surface area contributed by atoms with Gasteiger partial charge in [-0.15, -0.1) is 0 Å². The molecule has 0 saturated carbocycles. The first kappa shape index (κ1) is 16.6. The smallest absolute Gasteiger partial charge is 0.135 e. The predicted octanol–water partition coefficient (Wildman–Crippen LogP) is 3.96. The number of rotatable bonds is 3. The number of hydrogen-bond donors (Lipinski definition) is 2. The Bertz CT molecular complexity index is 1510. The molecular weight excluding hydrogens is 376 g/mol. The van der Waals surface area contributed by atoms with E-state index in [2.05, 4.69) is 36.3 Å². The van der Waals surface area contributed by atoms with Crippen LogP contribution in [0.2, 0.25) is 0 Å². The van der Waals surface area contributed by atoms with Crippen LogP contribution >= 0.6 is 0 Å². The Hall–Kier alpha value is -4.33. The van der Waals surface area contributed by atoms with Crippen LogP contribution in [0.25, 0.3) is 55.7 Å². The maximum absolute atomic E-state index is 4.85. The topological polar surface area (TPSA) is 101 Å². The molecule has 0 amide bonds. The predicted molar refractivity (Wildman–Crippen MR) is 114 cm³/mol. The number of H-pyrrole nitrogens is 2. The monoisotopic (exact) mass is 392 g/mol. The van der Waals surface area contributed by atoms with Gasteiger partial charge in [0.1, 0.15) is 11.2 Å². The van der Waals surface area contributed by atoms with Crippen molar-refractivity contribution in [3.63, 3.8) is 0 Å². The highest BCUT2D eigenvalue weighted by Gasteiger charge is 2.16. The van der Waals surface area contributed by atoms with Crippen LogP contribution in [0.5, 0.6) is 0 Å². The van der Waals surface area contributed by atoms with E-state index in [-0.39, 0.29) is 0 Å². The van der Waals surface area contributed by atoms with E-state index in [9.17, 15) is 0 Å². The Balaban J connectivity index is 1.52. The van der Waals surface area contributed by atoms with Crippen molar-refractivity contribution in [1.29, 1.82) is 0 Å². The zero-order valence-corrected chi connectivity index (χ0v) is 16.0. The molecule has 6 rings (SSSR count). The van der Waals surface area contributed by atoms with Crippen molar-refractivity contribution < 1.29 is 0 Å². The summed E-state index contributed by atoms with van der Waals surface area (Å²) in [5, 5.41) is 12.9. The van der Waals surface area contributed by atoms with Crippen LogP contribution in [0.1, 0.15) is 0 Å². The lowest BCUT2D eigenvalue weighted by Gasteiger charge is -2.01. The zero-order chi connectivity index (χ0) is 20.1. The molecule has 6 aromatic rings. The zero-order valence-electron chi connectivity index (χ0n) is 16.0. The highest BCUT2D eigenvalue weighted by molar-refractivity contribution is 5.99. The average molecular weight is 392 g/mol. The SMILES string of the molecule is Cn1cc(-c2ccc3[nH]nc(-c4cc5c(-c6cccnc6)cncc5[nH]4)c3n2)cn1. The minimum absolute atomic E-state index is 0.768. The van der Waals surface area contributed by atoms with E-state index in [1.165, 1.54) is 0 Å². The van der Waals surface area contributed by atoms with Crippen LogP contribution in [-0.2, 0) is 7.05 Å². The fraction of sp³-hybridized carbons (Fsp3) is 0.0455. The molecule has 6 aromatic heterocycles. The molecule has 6 heterocycles. The molecule has 8 nitrogen and oxygen atoms in total. The van der Waals surface area contributed by atoms with E-state index in [0.29, 0.717) is 0 Å². The van der Waals surface area contributed by atoms with Gasteiger partial charge in [0, 0.05) is 53.9 Å². The highest BCUT2D eigenvalue weighted by Crippen LogP contribution is 2.33. The second-order valence-electron chi connectivity index (χ2n) is 7.14. The molecule has 0 unspecified atom stereocenters. The van der Waals surface area contributed by atoms with Crippen molar-refractivity contribution in [2.45, 2.75) is 0 Å². The number of aryl methyl sites for hydroxylation is 1. The van der Waals surface area contributed by atoms with Crippen LogP contribution in [-0.4, -0.2) is 39.9 Å². The van der Waals surface area contributed by atoms with Gasteiger partial charge in [-0.3, -0.25) is 19.7 Å².